The fourth-order valence-electron chi connectivity index (χ4n) is 3.88. The fraction of sp³-hybridized carbons (Fsp3) is 0.643. The molecule has 230 valence electrons. The van der Waals surface area contributed by atoms with Crippen LogP contribution in [-0.4, -0.2) is 65.8 Å². The molecule has 0 aliphatic carbocycles. The van der Waals surface area contributed by atoms with Crippen molar-refractivity contribution in [3.8, 4) is 0 Å². The number of benzene rings is 1. The molecular weight excluding hydrogens is 579 g/mol. The quantitative estimate of drug-likeness (QED) is 0.264. The third kappa shape index (κ3) is 8.36. The first-order valence-electron chi connectivity index (χ1n) is 13.9. The normalized spacial score (nSPS) is 22.6. The summed E-state index contributed by atoms with van der Waals surface area (Å²) in [4.78, 5) is 17.6. The Morgan fingerprint density at radius 1 is 0.951 bits per heavy atom. The number of para-hydroxylation sites is 1. The van der Waals surface area contributed by atoms with E-state index in [-0.39, 0.29) is 16.7 Å². The molecule has 0 saturated carbocycles. The molecule has 2 heterocycles. The van der Waals surface area contributed by atoms with Crippen LogP contribution in [-0.2, 0) is 27.9 Å². The summed E-state index contributed by atoms with van der Waals surface area (Å²) in [5.41, 5.74) is 0.224. The Balaban J connectivity index is 2.04. The summed E-state index contributed by atoms with van der Waals surface area (Å²) in [5.74, 6) is 0.374. The fourth-order valence-corrected chi connectivity index (χ4v) is 6.81. The molecule has 1 aromatic heterocycles. The second kappa shape index (κ2) is 12.0. The number of nitrogens with zero attached hydrogens (tertiary/aromatic N) is 2. The van der Waals surface area contributed by atoms with Crippen LogP contribution in [0.3, 0.4) is 0 Å². The van der Waals surface area contributed by atoms with Gasteiger partial charge >= 0.3 is 5.69 Å². The third-order valence-electron chi connectivity index (χ3n) is 8.37. The first-order chi connectivity index (χ1) is 18.6. The molecule has 0 spiro atoms. The van der Waals surface area contributed by atoms with Crippen LogP contribution in [0.2, 0.25) is 36.3 Å². The molecule has 0 unspecified atom stereocenters. The first-order valence-corrected chi connectivity index (χ1v) is 21.5. The minimum atomic E-state index is -3.91. The summed E-state index contributed by atoms with van der Waals surface area (Å²) in [6.45, 7) is 21.1. The zero-order chi connectivity index (χ0) is 31.0. The number of anilines is 2. The highest BCUT2D eigenvalue weighted by Crippen LogP contribution is 2.43. The molecule has 1 N–H and O–H groups in total. The lowest BCUT2D eigenvalue weighted by Gasteiger charge is -2.40. The van der Waals surface area contributed by atoms with E-state index in [1.165, 1.54) is 4.57 Å². The Labute approximate surface area is 247 Å². The summed E-state index contributed by atoms with van der Waals surface area (Å²) in [5, 5.41) is 2.85. The van der Waals surface area contributed by atoms with E-state index < -0.39 is 57.0 Å². The SMILES string of the molecule is CC(C)(C)[Si](C)(C)OC[C@H]1O[C@@H](n2ccc(Nc3ccccc3)nc2=O)[C@H](O[Si](C)(C)C(C)(C)C)[C@@H]1OS(C)(=O)=O. The number of hydrogen-bond acceptors (Lipinski definition) is 9. The van der Waals surface area contributed by atoms with E-state index in [4.69, 9.17) is 17.8 Å². The highest BCUT2D eigenvalue weighted by Gasteiger charge is 2.53. The molecule has 0 radical (unpaired) electrons. The third-order valence-corrected chi connectivity index (χ3v) is 17.9. The lowest BCUT2D eigenvalue weighted by atomic mass is 10.1. The van der Waals surface area contributed by atoms with Gasteiger partial charge in [0.25, 0.3) is 10.1 Å². The zero-order valence-electron chi connectivity index (χ0n) is 26.2. The van der Waals surface area contributed by atoms with E-state index in [2.05, 4.69) is 78.0 Å². The topological polar surface area (TPSA) is 118 Å². The standard InChI is InChI=1S/C28H47N3O7SSi2/c1-27(2,3)40(8,9)35-19-21-23(37-39(7,33)34)24(38-41(10,11)28(4,5)6)25(36-21)31-18-17-22(30-26(31)32)29-20-15-13-12-14-16-20/h12-18,21,23-25H,19H2,1-11H3,(H,29,30,32)/t21-,23-,24-,25-/m1/s1. The van der Waals surface area contributed by atoms with Crippen molar-refractivity contribution in [1.82, 2.24) is 9.55 Å². The highest BCUT2D eigenvalue weighted by molar-refractivity contribution is 7.86. The molecule has 1 aliphatic heterocycles. The maximum Gasteiger partial charge on any atom is 0.351 e. The summed E-state index contributed by atoms with van der Waals surface area (Å²) in [7, 11) is -8.62. The van der Waals surface area contributed by atoms with Crippen molar-refractivity contribution in [2.75, 3.05) is 18.2 Å². The van der Waals surface area contributed by atoms with E-state index in [0.29, 0.717) is 5.82 Å². The monoisotopic (exact) mass is 625 g/mol. The predicted octanol–water partition coefficient (Wildman–Crippen LogP) is 5.64. The maximum atomic E-state index is 13.4. The number of nitrogens with one attached hydrogen (secondary N) is 1. The summed E-state index contributed by atoms with van der Waals surface area (Å²) >= 11 is 0. The van der Waals surface area contributed by atoms with Crippen LogP contribution < -0.4 is 11.0 Å². The summed E-state index contributed by atoms with van der Waals surface area (Å²) in [6.07, 6.45) is -1.11. The Morgan fingerprint density at radius 2 is 1.54 bits per heavy atom. The molecule has 4 atom stereocenters. The van der Waals surface area contributed by atoms with Crippen molar-refractivity contribution >= 4 is 38.3 Å². The van der Waals surface area contributed by atoms with Crippen LogP contribution >= 0.6 is 0 Å². The minimum Gasteiger partial charge on any atom is -0.414 e. The van der Waals surface area contributed by atoms with E-state index in [9.17, 15) is 13.2 Å². The van der Waals surface area contributed by atoms with Crippen molar-refractivity contribution in [3.05, 3.63) is 53.1 Å². The van der Waals surface area contributed by atoms with Gasteiger partial charge in [-0.25, -0.2) is 4.79 Å². The molecule has 0 bridgehead atoms. The molecular formula is C28H47N3O7SSi2. The molecule has 1 saturated heterocycles. The maximum absolute atomic E-state index is 13.4. The molecule has 10 nitrogen and oxygen atoms in total. The Hall–Kier alpha value is -1.88. The highest BCUT2D eigenvalue weighted by atomic mass is 32.2. The minimum absolute atomic E-state index is 0.0718. The van der Waals surface area contributed by atoms with Crippen molar-refractivity contribution < 1.29 is 26.2 Å². The van der Waals surface area contributed by atoms with E-state index in [1.807, 2.05) is 30.3 Å². The molecule has 1 fully saturated rings. The number of aromatic nitrogens is 2. The smallest absolute Gasteiger partial charge is 0.351 e. The average molecular weight is 626 g/mol. The number of rotatable bonds is 10. The zero-order valence-corrected chi connectivity index (χ0v) is 29.0. The van der Waals surface area contributed by atoms with Crippen LogP contribution in [0.25, 0.3) is 0 Å². The molecule has 1 aliphatic rings. The van der Waals surface area contributed by atoms with E-state index in [0.717, 1.165) is 11.9 Å². The molecule has 1 aromatic carbocycles. The van der Waals surface area contributed by atoms with Crippen molar-refractivity contribution in [2.45, 2.75) is 102 Å². The second-order valence-electron chi connectivity index (χ2n) is 13.7. The number of ether oxygens (including phenoxy) is 1. The van der Waals surface area contributed by atoms with Crippen LogP contribution in [0.15, 0.2) is 47.4 Å². The largest absolute Gasteiger partial charge is 0.414 e. The van der Waals surface area contributed by atoms with Gasteiger partial charge in [0.15, 0.2) is 22.9 Å². The van der Waals surface area contributed by atoms with Gasteiger partial charge in [0.2, 0.25) is 0 Å². The number of hydrogen-bond donors (Lipinski definition) is 1. The van der Waals surface area contributed by atoms with Gasteiger partial charge in [0, 0.05) is 11.9 Å². The van der Waals surface area contributed by atoms with Crippen molar-refractivity contribution in [2.24, 2.45) is 0 Å². The lowest BCUT2D eigenvalue weighted by Crippen LogP contribution is -2.51. The van der Waals surface area contributed by atoms with Gasteiger partial charge in [-0.3, -0.25) is 8.75 Å². The van der Waals surface area contributed by atoms with Crippen molar-refractivity contribution in [3.63, 3.8) is 0 Å². The Kier molecular flexibility index (Phi) is 9.85. The van der Waals surface area contributed by atoms with Gasteiger partial charge < -0.3 is 18.9 Å². The molecule has 2 aromatic rings. The van der Waals surface area contributed by atoms with Crippen LogP contribution in [0.4, 0.5) is 11.5 Å². The Morgan fingerprint density at radius 3 is 2.05 bits per heavy atom. The van der Waals surface area contributed by atoms with Crippen LogP contribution in [0, 0.1) is 0 Å². The van der Waals surface area contributed by atoms with Crippen LogP contribution in [0.1, 0.15) is 47.8 Å². The summed E-state index contributed by atoms with van der Waals surface area (Å²) < 4.78 is 51.6. The van der Waals surface area contributed by atoms with Gasteiger partial charge in [-0.15, -0.1) is 0 Å². The van der Waals surface area contributed by atoms with E-state index in [1.54, 1.807) is 12.3 Å². The van der Waals surface area contributed by atoms with Crippen molar-refractivity contribution in [1.29, 1.82) is 0 Å². The van der Waals surface area contributed by atoms with Gasteiger partial charge in [-0.2, -0.15) is 13.4 Å². The Bertz CT molecular complexity index is 1350. The first kappa shape index (κ1) is 33.6. The molecule has 3 rings (SSSR count). The van der Waals surface area contributed by atoms with Gasteiger partial charge in [-0.1, -0.05) is 59.7 Å². The van der Waals surface area contributed by atoms with E-state index >= 15 is 0 Å². The molecule has 0 amide bonds. The van der Waals surface area contributed by atoms with Gasteiger partial charge in [0.1, 0.15) is 24.1 Å². The lowest BCUT2D eigenvalue weighted by molar-refractivity contribution is -0.0504. The molecule has 13 heteroatoms. The van der Waals surface area contributed by atoms with Gasteiger partial charge in [-0.05, 0) is 54.5 Å². The predicted molar refractivity (Wildman–Crippen MR) is 167 cm³/mol. The van der Waals surface area contributed by atoms with Crippen LogP contribution in [0.5, 0.6) is 0 Å². The molecule has 41 heavy (non-hydrogen) atoms. The second-order valence-corrected chi connectivity index (χ2v) is 24.9. The summed E-state index contributed by atoms with van der Waals surface area (Å²) in [6, 6.07) is 11.1. The average Bonchev–Trinajstić information content (AvgIpc) is 3.12. The van der Waals surface area contributed by atoms with Gasteiger partial charge in [0.05, 0.1) is 12.9 Å².